The van der Waals surface area contributed by atoms with E-state index >= 15 is 0 Å². The average Bonchev–Trinajstić information content (AvgIpc) is 3.31. The topological polar surface area (TPSA) is 41.3 Å². The molecule has 0 saturated carbocycles. The van der Waals surface area contributed by atoms with Crippen LogP contribution in [0.5, 0.6) is 0 Å². The van der Waals surface area contributed by atoms with E-state index in [9.17, 15) is 5.11 Å². The minimum Gasteiger partial charge on any atom is -0.392 e. The minimum atomic E-state index is -0.232. The Balaban J connectivity index is 1.26. The molecule has 1 aliphatic heterocycles. The first kappa shape index (κ1) is 17.7. The minimum absolute atomic E-state index is 0.0327. The molecule has 2 aromatic carbocycles. The third kappa shape index (κ3) is 3.17. The van der Waals surface area contributed by atoms with Crippen LogP contribution in [0.2, 0.25) is 0 Å². The van der Waals surface area contributed by atoms with E-state index in [0.29, 0.717) is 0 Å². The maximum atomic E-state index is 10.8. The molecule has 0 unspecified atom stereocenters. The van der Waals surface area contributed by atoms with Crippen molar-refractivity contribution in [1.29, 1.82) is 0 Å². The fourth-order valence-corrected chi connectivity index (χ4v) is 5.15. The molecule has 1 fully saturated rings. The van der Waals surface area contributed by atoms with Gasteiger partial charge in [-0.1, -0.05) is 48.5 Å². The van der Waals surface area contributed by atoms with E-state index in [2.05, 4.69) is 58.5 Å². The van der Waals surface area contributed by atoms with Gasteiger partial charge < -0.3 is 5.11 Å². The van der Waals surface area contributed by atoms with Crippen LogP contribution in [0, 0.1) is 0 Å². The molecule has 3 aromatic rings. The smallest absolute Gasteiger partial charge is 0.0678 e. The molecule has 28 heavy (non-hydrogen) atoms. The Morgan fingerprint density at radius 1 is 0.964 bits per heavy atom. The second-order valence-corrected chi connectivity index (χ2v) is 8.33. The van der Waals surface area contributed by atoms with Gasteiger partial charge in [-0.25, -0.2) is 0 Å². The first-order valence-corrected chi connectivity index (χ1v) is 10.3. The van der Waals surface area contributed by atoms with Gasteiger partial charge in [0.1, 0.15) is 0 Å². The van der Waals surface area contributed by atoms with Crippen LogP contribution in [0.25, 0.3) is 0 Å². The number of aliphatic hydroxyl groups excluding tert-OH is 1. The summed E-state index contributed by atoms with van der Waals surface area (Å²) in [4.78, 5) is 2.53. The van der Waals surface area contributed by atoms with Crippen molar-refractivity contribution in [3.63, 3.8) is 0 Å². The largest absolute Gasteiger partial charge is 0.392 e. The second kappa shape index (κ2) is 7.19. The van der Waals surface area contributed by atoms with Crippen molar-refractivity contribution in [3.05, 3.63) is 89.2 Å². The summed E-state index contributed by atoms with van der Waals surface area (Å²) in [6.45, 7) is 3.86. The van der Waals surface area contributed by atoms with Gasteiger partial charge >= 0.3 is 0 Å². The molecule has 0 bridgehead atoms. The molecule has 1 atom stereocenters. The summed E-state index contributed by atoms with van der Waals surface area (Å²) in [7, 11) is 0. The monoisotopic (exact) mass is 373 g/mol. The fourth-order valence-electron chi connectivity index (χ4n) is 5.15. The zero-order valence-corrected chi connectivity index (χ0v) is 16.2. The lowest BCUT2D eigenvalue weighted by molar-refractivity contribution is 0.0414. The number of fused-ring (bicyclic) bond motifs is 2. The molecule has 2 heterocycles. The van der Waals surface area contributed by atoms with Gasteiger partial charge in [0.15, 0.2) is 0 Å². The SMILES string of the molecule is O[C@H]1Cc2ccccc2C12CCN(Cc1cccc(Cn3cccn3)c1)CC2. The summed E-state index contributed by atoms with van der Waals surface area (Å²) in [5.41, 5.74) is 5.34. The third-order valence-corrected chi connectivity index (χ3v) is 6.65. The first-order valence-electron chi connectivity index (χ1n) is 10.3. The second-order valence-electron chi connectivity index (χ2n) is 8.33. The predicted molar refractivity (Wildman–Crippen MR) is 110 cm³/mol. The van der Waals surface area contributed by atoms with Gasteiger partial charge in [0, 0.05) is 24.4 Å². The highest BCUT2D eigenvalue weighted by atomic mass is 16.3. The summed E-state index contributed by atoms with van der Waals surface area (Å²) in [6, 6.07) is 19.4. The Labute approximate surface area is 166 Å². The Kier molecular flexibility index (Phi) is 4.53. The van der Waals surface area contributed by atoms with E-state index in [-0.39, 0.29) is 11.5 Å². The number of aromatic nitrogens is 2. The van der Waals surface area contributed by atoms with Crippen molar-refractivity contribution in [3.8, 4) is 0 Å². The number of rotatable bonds is 4. The lowest BCUT2D eigenvalue weighted by Crippen LogP contribution is -2.47. The van der Waals surface area contributed by atoms with Crippen molar-refractivity contribution in [2.24, 2.45) is 0 Å². The van der Waals surface area contributed by atoms with E-state index in [4.69, 9.17) is 0 Å². The standard InChI is InChI=1S/C24H27N3O/c28-23-16-21-7-1-2-8-22(21)24(23)9-13-26(14-10-24)17-19-5-3-6-20(15-19)18-27-12-4-11-25-27/h1-8,11-12,15,23,28H,9-10,13-14,16-18H2/t23-/m0/s1. The summed E-state index contributed by atoms with van der Waals surface area (Å²) in [5, 5.41) is 15.1. The molecule has 1 aromatic heterocycles. The van der Waals surface area contributed by atoms with E-state index in [1.54, 1.807) is 0 Å². The number of aliphatic hydroxyl groups is 1. The summed E-state index contributed by atoms with van der Waals surface area (Å²) in [5.74, 6) is 0. The summed E-state index contributed by atoms with van der Waals surface area (Å²) < 4.78 is 1.96. The molecule has 0 amide bonds. The van der Waals surface area contributed by atoms with E-state index in [1.165, 1.54) is 22.3 Å². The fraction of sp³-hybridized carbons (Fsp3) is 0.375. The van der Waals surface area contributed by atoms with Crippen LogP contribution in [-0.2, 0) is 24.9 Å². The highest BCUT2D eigenvalue weighted by Crippen LogP contribution is 2.46. The summed E-state index contributed by atoms with van der Waals surface area (Å²) >= 11 is 0. The predicted octanol–water partition coefficient (Wildman–Crippen LogP) is 3.38. The van der Waals surface area contributed by atoms with Crippen LogP contribution < -0.4 is 0 Å². The Morgan fingerprint density at radius 3 is 2.54 bits per heavy atom. The first-order chi connectivity index (χ1) is 13.7. The van der Waals surface area contributed by atoms with Crippen LogP contribution in [-0.4, -0.2) is 39.0 Å². The van der Waals surface area contributed by atoms with Crippen molar-refractivity contribution >= 4 is 0 Å². The third-order valence-electron chi connectivity index (χ3n) is 6.65. The van der Waals surface area contributed by atoms with Crippen molar-refractivity contribution < 1.29 is 5.11 Å². The lowest BCUT2D eigenvalue weighted by atomic mass is 9.72. The van der Waals surface area contributed by atoms with Gasteiger partial charge in [-0.05, 0) is 60.7 Å². The number of piperidine rings is 1. The molecule has 4 nitrogen and oxygen atoms in total. The van der Waals surface area contributed by atoms with Crippen LogP contribution in [0.15, 0.2) is 67.0 Å². The average molecular weight is 374 g/mol. The maximum absolute atomic E-state index is 10.8. The molecule has 1 aliphatic carbocycles. The quantitative estimate of drug-likeness (QED) is 0.762. The van der Waals surface area contributed by atoms with Gasteiger partial charge in [0.2, 0.25) is 0 Å². The molecule has 5 rings (SSSR count). The highest BCUT2D eigenvalue weighted by Gasteiger charge is 2.47. The number of likely N-dealkylation sites (tertiary alicyclic amines) is 1. The molecular weight excluding hydrogens is 346 g/mol. The number of nitrogens with zero attached hydrogens (tertiary/aromatic N) is 3. The molecular formula is C24H27N3O. The summed E-state index contributed by atoms with van der Waals surface area (Å²) in [6.07, 6.45) is 6.48. The van der Waals surface area contributed by atoms with Gasteiger partial charge in [0.05, 0.1) is 12.6 Å². The van der Waals surface area contributed by atoms with Gasteiger partial charge in [-0.2, -0.15) is 5.10 Å². The van der Waals surface area contributed by atoms with Crippen LogP contribution >= 0.6 is 0 Å². The molecule has 4 heteroatoms. The van der Waals surface area contributed by atoms with Crippen molar-refractivity contribution in [1.82, 2.24) is 14.7 Å². The van der Waals surface area contributed by atoms with E-state index in [0.717, 1.165) is 45.4 Å². The highest BCUT2D eigenvalue weighted by molar-refractivity contribution is 5.42. The van der Waals surface area contributed by atoms with E-state index < -0.39 is 0 Å². The van der Waals surface area contributed by atoms with Crippen LogP contribution in [0.3, 0.4) is 0 Å². The Morgan fingerprint density at radius 2 is 1.75 bits per heavy atom. The number of hydrogen-bond acceptors (Lipinski definition) is 3. The lowest BCUT2D eigenvalue weighted by Gasteiger charge is -2.42. The molecule has 0 radical (unpaired) electrons. The number of hydrogen-bond donors (Lipinski definition) is 1. The Hall–Kier alpha value is -2.43. The molecule has 2 aliphatic rings. The van der Waals surface area contributed by atoms with E-state index in [1.807, 2.05) is 23.1 Å². The van der Waals surface area contributed by atoms with Gasteiger partial charge in [-0.3, -0.25) is 9.58 Å². The van der Waals surface area contributed by atoms with Crippen molar-refractivity contribution in [2.45, 2.75) is 43.9 Å². The zero-order valence-electron chi connectivity index (χ0n) is 16.2. The van der Waals surface area contributed by atoms with Crippen LogP contribution in [0.4, 0.5) is 0 Å². The number of benzene rings is 2. The van der Waals surface area contributed by atoms with Crippen molar-refractivity contribution in [2.75, 3.05) is 13.1 Å². The maximum Gasteiger partial charge on any atom is 0.0678 e. The normalized spacial score (nSPS) is 21.1. The zero-order chi connectivity index (χ0) is 19.0. The molecule has 1 spiro atoms. The van der Waals surface area contributed by atoms with Gasteiger partial charge in [0.25, 0.3) is 0 Å². The van der Waals surface area contributed by atoms with Crippen LogP contribution in [0.1, 0.15) is 35.1 Å². The van der Waals surface area contributed by atoms with Gasteiger partial charge in [-0.15, -0.1) is 0 Å². The molecule has 1 saturated heterocycles. The molecule has 144 valence electrons. The molecule has 1 N–H and O–H groups in total. The Bertz CT molecular complexity index is 942.